The van der Waals surface area contributed by atoms with Crippen molar-refractivity contribution in [1.82, 2.24) is 20.4 Å². The first-order valence-electron chi connectivity index (χ1n) is 9.30. The van der Waals surface area contributed by atoms with E-state index in [1.807, 2.05) is 54.6 Å². The van der Waals surface area contributed by atoms with E-state index in [2.05, 4.69) is 36.3 Å². The molecule has 6 nitrogen and oxygen atoms in total. The number of nitrogens with zero attached hydrogens (tertiary/aromatic N) is 3. The van der Waals surface area contributed by atoms with Crippen LogP contribution < -0.4 is 5.32 Å². The Balaban J connectivity index is 1.28. The molecule has 0 spiro atoms. The maximum absolute atomic E-state index is 12.4. The highest BCUT2D eigenvalue weighted by molar-refractivity contribution is 9.10. The van der Waals surface area contributed by atoms with Gasteiger partial charge >= 0.3 is 0 Å². The highest BCUT2D eigenvalue weighted by Gasteiger charge is 2.25. The molecule has 1 fully saturated rings. The zero-order chi connectivity index (χ0) is 19.3. The van der Waals surface area contributed by atoms with Gasteiger partial charge in [-0.2, -0.15) is 4.98 Å². The summed E-state index contributed by atoms with van der Waals surface area (Å²) in [6.07, 6.45) is 1.30. The number of rotatable bonds is 6. The predicted molar refractivity (Wildman–Crippen MR) is 109 cm³/mol. The minimum absolute atomic E-state index is 0.0460. The van der Waals surface area contributed by atoms with E-state index in [4.69, 9.17) is 4.52 Å². The van der Waals surface area contributed by atoms with Crippen LogP contribution >= 0.6 is 15.9 Å². The van der Waals surface area contributed by atoms with Gasteiger partial charge in [-0.25, -0.2) is 0 Å². The van der Waals surface area contributed by atoms with Gasteiger partial charge in [0.05, 0.1) is 13.0 Å². The largest absolute Gasteiger partial charge is 0.352 e. The van der Waals surface area contributed by atoms with Gasteiger partial charge in [0.15, 0.2) is 5.82 Å². The molecular weight excluding hydrogens is 420 g/mol. The lowest BCUT2D eigenvalue weighted by Crippen LogP contribution is -2.37. The Morgan fingerprint density at radius 1 is 1.18 bits per heavy atom. The normalized spacial score (nSPS) is 17.0. The zero-order valence-corrected chi connectivity index (χ0v) is 16.9. The van der Waals surface area contributed by atoms with Crippen molar-refractivity contribution in [3.05, 3.63) is 70.5 Å². The summed E-state index contributed by atoms with van der Waals surface area (Å²) in [6, 6.07) is 17.7. The Morgan fingerprint density at radius 2 is 1.96 bits per heavy atom. The van der Waals surface area contributed by atoms with Gasteiger partial charge in [-0.3, -0.25) is 9.69 Å². The maximum Gasteiger partial charge on any atom is 0.257 e. The number of hydrogen-bond donors (Lipinski definition) is 1. The Bertz CT molecular complexity index is 944. The fraction of sp³-hybridized carbons (Fsp3) is 0.286. The molecule has 4 rings (SSSR count). The Hall–Kier alpha value is -2.51. The Labute approximate surface area is 172 Å². The van der Waals surface area contributed by atoms with Gasteiger partial charge in [-0.05, 0) is 30.2 Å². The highest BCUT2D eigenvalue weighted by Crippen LogP contribution is 2.19. The molecule has 0 aliphatic carbocycles. The molecule has 0 radical (unpaired) electrons. The molecule has 1 atom stereocenters. The molecule has 0 saturated carbocycles. The lowest BCUT2D eigenvalue weighted by molar-refractivity contribution is -0.121. The van der Waals surface area contributed by atoms with Crippen LogP contribution in [0.1, 0.15) is 17.8 Å². The van der Waals surface area contributed by atoms with Crippen LogP contribution in [0.25, 0.3) is 11.5 Å². The van der Waals surface area contributed by atoms with Crippen LogP contribution in [0, 0.1) is 0 Å². The van der Waals surface area contributed by atoms with Crippen molar-refractivity contribution in [2.75, 3.05) is 13.1 Å². The summed E-state index contributed by atoms with van der Waals surface area (Å²) in [5, 5.41) is 7.22. The van der Waals surface area contributed by atoms with Crippen molar-refractivity contribution < 1.29 is 9.32 Å². The van der Waals surface area contributed by atoms with Crippen LogP contribution in [-0.4, -0.2) is 40.1 Å². The van der Waals surface area contributed by atoms with E-state index >= 15 is 0 Å². The van der Waals surface area contributed by atoms with Crippen LogP contribution in [0.15, 0.2) is 63.6 Å². The molecule has 1 aromatic heterocycles. The van der Waals surface area contributed by atoms with Gasteiger partial charge in [-0.1, -0.05) is 57.5 Å². The SMILES string of the molecule is O=C(Cc1ccccc1Br)N[C@H]1CCN(Cc2noc(-c3ccccc3)n2)C1. The number of benzene rings is 2. The third-order valence-corrected chi connectivity index (χ3v) is 5.57. The summed E-state index contributed by atoms with van der Waals surface area (Å²) in [7, 11) is 0. The standard InChI is InChI=1S/C21H21BrN4O2/c22-18-9-5-4-8-16(18)12-20(27)23-17-10-11-26(13-17)14-19-24-21(28-25-19)15-6-2-1-3-7-15/h1-9,17H,10-14H2,(H,23,27)/t17-/m0/s1. The number of likely N-dealkylation sites (tertiary alicyclic amines) is 1. The number of hydrogen-bond acceptors (Lipinski definition) is 5. The van der Waals surface area contributed by atoms with Crippen molar-refractivity contribution in [2.45, 2.75) is 25.4 Å². The summed E-state index contributed by atoms with van der Waals surface area (Å²) in [5.41, 5.74) is 1.91. The Kier molecular flexibility index (Phi) is 5.83. The molecule has 1 N–H and O–H groups in total. The summed E-state index contributed by atoms with van der Waals surface area (Å²) >= 11 is 3.49. The van der Waals surface area contributed by atoms with E-state index in [0.717, 1.165) is 35.1 Å². The van der Waals surface area contributed by atoms with E-state index in [1.165, 1.54) is 0 Å². The molecule has 144 valence electrons. The summed E-state index contributed by atoms with van der Waals surface area (Å²) in [6.45, 7) is 2.30. The smallest absolute Gasteiger partial charge is 0.257 e. The van der Waals surface area contributed by atoms with E-state index in [-0.39, 0.29) is 11.9 Å². The molecule has 1 amide bonds. The lowest BCUT2D eigenvalue weighted by atomic mass is 10.1. The van der Waals surface area contributed by atoms with E-state index < -0.39 is 0 Å². The molecule has 2 aromatic carbocycles. The number of nitrogens with one attached hydrogen (secondary N) is 1. The second kappa shape index (κ2) is 8.67. The summed E-state index contributed by atoms with van der Waals surface area (Å²) < 4.78 is 6.33. The first-order chi connectivity index (χ1) is 13.7. The van der Waals surface area contributed by atoms with Gasteiger partial charge in [0.25, 0.3) is 5.89 Å². The number of carbonyl (C=O) groups is 1. The van der Waals surface area contributed by atoms with Gasteiger partial charge in [0.1, 0.15) is 0 Å². The average molecular weight is 441 g/mol. The second-order valence-electron chi connectivity index (χ2n) is 6.94. The molecule has 0 bridgehead atoms. The third-order valence-electron chi connectivity index (χ3n) is 4.80. The van der Waals surface area contributed by atoms with Crippen LogP contribution in [0.3, 0.4) is 0 Å². The van der Waals surface area contributed by atoms with Gasteiger partial charge in [-0.15, -0.1) is 0 Å². The number of amides is 1. The molecule has 1 aliphatic rings. The quantitative estimate of drug-likeness (QED) is 0.635. The summed E-state index contributed by atoms with van der Waals surface area (Å²) in [5.74, 6) is 1.25. The molecule has 1 aliphatic heterocycles. The van der Waals surface area contributed by atoms with E-state index in [9.17, 15) is 4.79 Å². The predicted octanol–water partition coefficient (Wildman–Crippen LogP) is 3.43. The first kappa shape index (κ1) is 18.8. The Morgan fingerprint density at radius 3 is 2.79 bits per heavy atom. The first-order valence-corrected chi connectivity index (χ1v) is 10.1. The summed E-state index contributed by atoms with van der Waals surface area (Å²) in [4.78, 5) is 19.1. The number of aromatic nitrogens is 2. The van der Waals surface area contributed by atoms with Crippen LogP contribution in [-0.2, 0) is 17.8 Å². The van der Waals surface area contributed by atoms with Gasteiger partial charge in [0, 0.05) is 29.2 Å². The van der Waals surface area contributed by atoms with Crippen LogP contribution in [0.5, 0.6) is 0 Å². The van der Waals surface area contributed by atoms with E-state index in [0.29, 0.717) is 24.7 Å². The minimum Gasteiger partial charge on any atom is -0.352 e. The van der Waals surface area contributed by atoms with Crippen molar-refractivity contribution in [2.24, 2.45) is 0 Å². The van der Waals surface area contributed by atoms with Crippen molar-refractivity contribution in [3.63, 3.8) is 0 Å². The monoisotopic (exact) mass is 440 g/mol. The van der Waals surface area contributed by atoms with Crippen molar-refractivity contribution >= 4 is 21.8 Å². The number of carbonyl (C=O) groups excluding carboxylic acids is 1. The van der Waals surface area contributed by atoms with Crippen molar-refractivity contribution in [3.8, 4) is 11.5 Å². The molecule has 28 heavy (non-hydrogen) atoms. The molecule has 1 saturated heterocycles. The lowest BCUT2D eigenvalue weighted by Gasteiger charge is -2.15. The zero-order valence-electron chi connectivity index (χ0n) is 15.3. The van der Waals surface area contributed by atoms with Crippen LogP contribution in [0.2, 0.25) is 0 Å². The number of halogens is 1. The van der Waals surface area contributed by atoms with Crippen molar-refractivity contribution in [1.29, 1.82) is 0 Å². The van der Waals surface area contributed by atoms with Crippen LogP contribution in [0.4, 0.5) is 0 Å². The molecule has 3 aromatic rings. The topological polar surface area (TPSA) is 71.3 Å². The molecular formula is C21H21BrN4O2. The van der Waals surface area contributed by atoms with E-state index in [1.54, 1.807) is 0 Å². The fourth-order valence-electron chi connectivity index (χ4n) is 3.40. The second-order valence-corrected chi connectivity index (χ2v) is 7.79. The molecule has 0 unspecified atom stereocenters. The fourth-order valence-corrected chi connectivity index (χ4v) is 3.83. The molecule has 2 heterocycles. The van der Waals surface area contributed by atoms with Gasteiger partial charge < -0.3 is 9.84 Å². The minimum atomic E-state index is 0.0460. The maximum atomic E-state index is 12.4. The third kappa shape index (κ3) is 4.66. The van der Waals surface area contributed by atoms with Gasteiger partial charge in [0.2, 0.25) is 5.91 Å². The molecule has 7 heteroatoms. The highest BCUT2D eigenvalue weighted by atomic mass is 79.9. The average Bonchev–Trinajstić information content (AvgIpc) is 3.34.